The summed E-state index contributed by atoms with van der Waals surface area (Å²) in [6, 6.07) is 8.32. The molecule has 0 spiro atoms. The Morgan fingerprint density at radius 3 is 2.52 bits per heavy atom. The van der Waals surface area contributed by atoms with Crippen molar-refractivity contribution in [3.63, 3.8) is 0 Å². The highest BCUT2D eigenvalue weighted by Crippen LogP contribution is 2.07. The van der Waals surface area contributed by atoms with Crippen molar-refractivity contribution < 1.29 is 19.8 Å². The Hall–Kier alpha value is -2.21. The minimum atomic E-state index is -1.02. The number of carbonyl (C=O) groups excluding carboxylic acids is 1. The number of aliphatic imine (C=N–C) groups is 1. The van der Waals surface area contributed by atoms with Crippen molar-refractivity contribution in [2.45, 2.75) is 25.8 Å². The predicted octanol–water partition coefficient (Wildman–Crippen LogP) is 0.642. The standard InChI is InChI=1S/C15H20N2O4/c1-11(9-14(19)16-7-8-18)17-13(15(20)21)10-12-5-3-2-4-6-12/h2-6,13,18H,7-10H2,1H3,(H,16,19)(H,20,21)/t13-/m0/s1. The number of carbonyl (C=O) groups is 2. The van der Waals surface area contributed by atoms with E-state index >= 15 is 0 Å². The van der Waals surface area contributed by atoms with E-state index in [2.05, 4.69) is 10.3 Å². The lowest BCUT2D eigenvalue weighted by molar-refractivity contribution is -0.138. The molecule has 114 valence electrons. The van der Waals surface area contributed by atoms with Crippen LogP contribution >= 0.6 is 0 Å². The third-order valence-electron chi connectivity index (χ3n) is 2.78. The first-order valence-electron chi connectivity index (χ1n) is 6.70. The maximum absolute atomic E-state index is 11.5. The van der Waals surface area contributed by atoms with Gasteiger partial charge >= 0.3 is 5.97 Å². The number of hydrogen-bond donors (Lipinski definition) is 3. The van der Waals surface area contributed by atoms with Gasteiger partial charge in [-0.3, -0.25) is 9.79 Å². The summed E-state index contributed by atoms with van der Waals surface area (Å²) in [7, 11) is 0. The van der Waals surface area contributed by atoms with Crippen LogP contribution in [-0.2, 0) is 16.0 Å². The second-order valence-electron chi connectivity index (χ2n) is 4.66. The highest BCUT2D eigenvalue weighted by Gasteiger charge is 2.17. The molecule has 0 aliphatic heterocycles. The number of aliphatic hydroxyl groups excluding tert-OH is 1. The van der Waals surface area contributed by atoms with Gasteiger partial charge in [0.1, 0.15) is 0 Å². The molecule has 3 N–H and O–H groups in total. The zero-order valence-corrected chi connectivity index (χ0v) is 12.0. The topological polar surface area (TPSA) is 99.0 Å². The smallest absolute Gasteiger partial charge is 0.328 e. The van der Waals surface area contributed by atoms with E-state index in [0.717, 1.165) is 5.56 Å². The van der Waals surface area contributed by atoms with Gasteiger partial charge in [-0.15, -0.1) is 0 Å². The number of nitrogens with zero attached hydrogens (tertiary/aromatic N) is 1. The second-order valence-corrected chi connectivity index (χ2v) is 4.66. The predicted molar refractivity (Wildman–Crippen MR) is 79.4 cm³/mol. The van der Waals surface area contributed by atoms with Crippen molar-refractivity contribution >= 4 is 17.6 Å². The molecule has 6 nitrogen and oxygen atoms in total. The number of aliphatic carboxylic acids is 1. The van der Waals surface area contributed by atoms with E-state index in [1.165, 1.54) is 0 Å². The molecule has 1 aromatic carbocycles. The number of nitrogens with one attached hydrogen (secondary N) is 1. The van der Waals surface area contributed by atoms with Crippen LogP contribution in [0, 0.1) is 0 Å². The first kappa shape index (κ1) is 16.8. The molecule has 6 heteroatoms. The van der Waals surface area contributed by atoms with E-state index in [0.29, 0.717) is 5.71 Å². The maximum Gasteiger partial charge on any atom is 0.328 e. The number of carboxylic acids is 1. The van der Waals surface area contributed by atoms with Crippen LogP contribution in [0.25, 0.3) is 0 Å². The molecule has 0 bridgehead atoms. The molecule has 1 amide bonds. The minimum absolute atomic E-state index is 0.0264. The molecule has 0 aliphatic carbocycles. The van der Waals surface area contributed by atoms with Gasteiger partial charge in [-0.25, -0.2) is 4.79 Å². The highest BCUT2D eigenvalue weighted by atomic mass is 16.4. The van der Waals surface area contributed by atoms with Gasteiger partial charge in [-0.05, 0) is 12.5 Å². The van der Waals surface area contributed by atoms with Crippen LogP contribution in [-0.4, -0.2) is 47.0 Å². The molecule has 0 heterocycles. The van der Waals surface area contributed by atoms with Gasteiger partial charge in [0.25, 0.3) is 0 Å². The SMILES string of the molecule is CC(CC(=O)NCCO)=N[C@@H](Cc1ccccc1)C(=O)O. The molecule has 1 atom stereocenters. The van der Waals surface area contributed by atoms with E-state index < -0.39 is 12.0 Å². The molecular formula is C15H20N2O4. The third-order valence-corrected chi connectivity index (χ3v) is 2.78. The van der Waals surface area contributed by atoms with Gasteiger partial charge in [0, 0.05) is 18.7 Å². The number of hydrogen-bond acceptors (Lipinski definition) is 4. The van der Waals surface area contributed by atoms with Crippen molar-refractivity contribution in [3.05, 3.63) is 35.9 Å². The number of carboxylic acid groups (broad SMARTS) is 1. The second kappa shape index (κ2) is 8.86. The highest BCUT2D eigenvalue weighted by molar-refractivity contribution is 6.00. The van der Waals surface area contributed by atoms with Gasteiger partial charge in [-0.1, -0.05) is 30.3 Å². The lowest BCUT2D eigenvalue weighted by atomic mass is 10.1. The van der Waals surface area contributed by atoms with Gasteiger partial charge in [0.15, 0.2) is 6.04 Å². The fourth-order valence-electron chi connectivity index (χ4n) is 1.83. The molecule has 1 aromatic rings. The number of benzene rings is 1. The average molecular weight is 292 g/mol. The maximum atomic E-state index is 11.5. The Balaban J connectivity index is 2.66. The monoisotopic (exact) mass is 292 g/mol. The normalized spacial score (nSPS) is 12.8. The van der Waals surface area contributed by atoms with Crippen molar-refractivity contribution in [2.24, 2.45) is 4.99 Å². The van der Waals surface area contributed by atoms with Crippen LogP contribution in [0.4, 0.5) is 0 Å². The molecule has 0 unspecified atom stereocenters. The molecule has 21 heavy (non-hydrogen) atoms. The average Bonchev–Trinajstić information content (AvgIpc) is 2.45. The lowest BCUT2D eigenvalue weighted by Gasteiger charge is -2.10. The summed E-state index contributed by atoms with van der Waals surface area (Å²) in [5.74, 6) is -1.30. The fraction of sp³-hybridized carbons (Fsp3) is 0.400. The van der Waals surface area contributed by atoms with Crippen molar-refractivity contribution in [1.29, 1.82) is 0 Å². The van der Waals surface area contributed by atoms with E-state index in [4.69, 9.17) is 5.11 Å². The third kappa shape index (κ3) is 6.67. The van der Waals surface area contributed by atoms with Crippen molar-refractivity contribution in [1.82, 2.24) is 5.32 Å². The van der Waals surface area contributed by atoms with Gasteiger partial charge in [0.05, 0.1) is 13.0 Å². The lowest BCUT2D eigenvalue weighted by Crippen LogP contribution is -2.29. The minimum Gasteiger partial charge on any atom is -0.480 e. The first-order valence-corrected chi connectivity index (χ1v) is 6.70. The molecule has 0 saturated heterocycles. The summed E-state index contributed by atoms with van der Waals surface area (Å²) < 4.78 is 0. The van der Waals surface area contributed by atoms with Gasteiger partial charge < -0.3 is 15.5 Å². The Kier molecular flexibility index (Phi) is 7.11. The number of amides is 1. The Bertz CT molecular complexity index is 500. The van der Waals surface area contributed by atoms with E-state index in [9.17, 15) is 14.7 Å². The first-order chi connectivity index (χ1) is 10.0. The zero-order chi connectivity index (χ0) is 15.7. The Morgan fingerprint density at radius 1 is 1.29 bits per heavy atom. The number of rotatable bonds is 8. The summed E-state index contributed by atoms with van der Waals surface area (Å²) in [6.45, 7) is 1.67. The van der Waals surface area contributed by atoms with Crippen LogP contribution in [0.5, 0.6) is 0 Å². The van der Waals surface area contributed by atoms with Gasteiger partial charge in [0.2, 0.25) is 5.91 Å². The van der Waals surface area contributed by atoms with Crippen LogP contribution in [0.15, 0.2) is 35.3 Å². The Morgan fingerprint density at radius 2 is 1.95 bits per heavy atom. The van der Waals surface area contributed by atoms with Crippen LogP contribution < -0.4 is 5.32 Å². The van der Waals surface area contributed by atoms with Crippen LogP contribution in [0.3, 0.4) is 0 Å². The van der Waals surface area contributed by atoms with Crippen molar-refractivity contribution in [3.8, 4) is 0 Å². The van der Waals surface area contributed by atoms with E-state index in [1.807, 2.05) is 30.3 Å². The quantitative estimate of drug-likeness (QED) is 0.612. The largest absolute Gasteiger partial charge is 0.480 e. The summed E-state index contributed by atoms with van der Waals surface area (Å²) in [5.41, 5.74) is 1.33. The summed E-state index contributed by atoms with van der Waals surface area (Å²) in [6.07, 6.45) is 0.310. The molecule has 0 radical (unpaired) electrons. The molecule has 0 aromatic heterocycles. The number of aliphatic hydroxyl groups is 1. The van der Waals surface area contributed by atoms with Crippen LogP contribution in [0.2, 0.25) is 0 Å². The summed E-state index contributed by atoms with van der Waals surface area (Å²) >= 11 is 0. The fourth-order valence-corrected chi connectivity index (χ4v) is 1.83. The molecule has 0 saturated carbocycles. The Labute approximate surface area is 123 Å². The molecule has 1 rings (SSSR count). The summed E-state index contributed by atoms with van der Waals surface area (Å²) in [4.78, 5) is 26.8. The molecular weight excluding hydrogens is 272 g/mol. The molecule has 0 fully saturated rings. The van der Waals surface area contributed by atoms with E-state index in [-0.39, 0.29) is 31.9 Å². The zero-order valence-electron chi connectivity index (χ0n) is 12.0. The molecule has 0 aliphatic rings. The van der Waals surface area contributed by atoms with E-state index in [1.54, 1.807) is 6.92 Å². The van der Waals surface area contributed by atoms with Gasteiger partial charge in [-0.2, -0.15) is 0 Å². The van der Waals surface area contributed by atoms with Crippen molar-refractivity contribution in [2.75, 3.05) is 13.2 Å². The summed E-state index contributed by atoms with van der Waals surface area (Å²) in [5, 5.41) is 20.3. The van der Waals surface area contributed by atoms with Crippen LogP contribution in [0.1, 0.15) is 18.9 Å².